The summed E-state index contributed by atoms with van der Waals surface area (Å²) in [5.74, 6) is 3.70. The summed E-state index contributed by atoms with van der Waals surface area (Å²) in [7, 11) is 0. The molecule has 1 atom stereocenters. The summed E-state index contributed by atoms with van der Waals surface area (Å²) in [6.45, 7) is 5.19. The van der Waals surface area contributed by atoms with Crippen molar-refractivity contribution in [2.24, 2.45) is 11.3 Å². The molecule has 6 nitrogen and oxygen atoms in total. The Morgan fingerprint density at radius 1 is 1.44 bits per heavy atom. The number of carboxylic acid groups (broad SMARTS) is 1. The van der Waals surface area contributed by atoms with Gasteiger partial charge in [-0.15, -0.1) is 0 Å². The van der Waals surface area contributed by atoms with E-state index in [1.807, 2.05) is 0 Å². The van der Waals surface area contributed by atoms with Crippen LogP contribution in [0.5, 0.6) is 0 Å². The van der Waals surface area contributed by atoms with Crippen LogP contribution in [0.3, 0.4) is 0 Å². The van der Waals surface area contributed by atoms with Gasteiger partial charge >= 0.3 is 5.97 Å². The maximum Gasteiger partial charge on any atom is 0.326 e. The van der Waals surface area contributed by atoms with Crippen molar-refractivity contribution >= 4 is 29.1 Å². The van der Waals surface area contributed by atoms with E-state index in [0.29, 0.717) is 0 Å². The Bertz CT molecular complexity index is 299. The molecule has 0 aromatic rings. The first-order valence-corrected chi connectivity index (χ1v) is 5.12. The van der Waals surface area contributed by atoms with Gasteiger partial charge in [0.15, 0.2) is 5.11 Å². The van der Waals surface area contributed by atoms with Gasteiger partial charge in [-0.25, -0.2) is 10.6 Å². The first kappa shape index (κ1) is 14.8. The lowest BCUT2D eigenvalue weighted by Crippen LogP contribution is -2.49. The summed E-state index contributed by atoms with van der Waals surface area (Å²) < 4.78 is 0. The van der Waals surface area contributed by atoms with Gasteiger partial charge in [-0.2, -0.15) is 0 Å². The van der Waals surface area contributed by atoms with E-state index in [9.17, 15) is 9.59 Å². The number of carboxylic acids is 1. The van der Waals surface area contributed by atoms with Crippen molar-refractivity contribution < 1.29 is 14.7 Å². The predicted octanol–water partition coefficient (Wildman–Crippen LogP) is -0.217. The molecule has 0 aliphatic carbocycles. The number of ketones is 1. The summed E-state index contributed by atoms with van der Waals surface area (Å²) >= 11 is 4.68. The summed E-state index contributed by atoms with van der Waals surface area (Å²) in [5.41, 5.74) is 1.53. The van der Waals surface area contributed by atoms with Crippen molar-refractivity contribution in [2.45, 2.75) is 33.2 Å². The van der Waals surface area contributed by atoms with Gasteiger partial charge in [0.25, 0.3) is 0 Å². The van der Waals surface area contributed by atoms with E-state index < -0.39 is 17.4 Å². The number of hydrazine groups is 1. The lowest BCUT2D eigenvalue weighted by Gasteiger charge is -2.21. The van der Waals surface area contributed by atoms with Crippen LogP contribution >= 0.6 is 12.2 Å². The summed E-state index contributed by atoms with van der Waals surface area (Å²) in [4.78, 5) is 22.5. The number of rotatable bonds is 4. The predicted molar refractivity (Wildman–Crippen MR) is 63.6 cm³/mol. The molecule has 1 unspecified atom stereocenters. The van der Waals surface area contributed by atoms with Gasteiger partial charge in [0.05, 0.1) is 0 Å². The molecule has 0 bridgehead atoms. The van der Waals surface area contributed by atoms with E-state index in [2.05, 4.69) is 23.0 Å². The highest BCUT2D eigenvalue weighted by Gasteiger charge is 2.28. The van der Waals surface area contributed by atoms with Gasteiger partial charge in [-0.1, -0.05) is 20.8 Å². The zero-order chi connectivity index (χ0) is 12.9. The topological polar surface area (TPSA) is 104 Å². The van der Waals surface area contributed by atoms with Gasteiger partial charge in [0, 0.05) is 11.8 Å². The molecule has 0 radical (unpaired) electrons. The van der Waals surface area contributed by atoms with Crippen molar-refractivity contribution in [3.8, 4) is 0 Å². The number of hydrogen-bond donors (Lipinski definition) is 4. The van der Waals surface area contributed by atoms with Crippen LogP contribution in [-0.4, -0.2) is 28.0 Å². The van der Waals surface area contributed by atoms with Gasteiger partial charge in [0.2, 0.25) is 0 Å². The van der Waals surface area contributed by atoms with Crippen LogP contribution in [0.15, 0.2) is 0 Å². The molecule has 0 rings (SSSR count). The van der Waals surface area contributed by atoms with Crippen LogP contribution in [0.1, 0.15) is 27.2 Å². The first-order valence-electron chi connectivity index (χ1n) is 4.71. The van der Waals surface area contributed by atoms with Gasteiger partial charge in [-0.05, 0) is 12.2 Å². The smallest absolute Gasteiger partial charge is 0.326 e. The van der Waals surface area contributed by atoms with E-state index in [1.165, 1.54) is 0 Å². The molecule has 0 aromatic carbocycles. The Labute approximate surface area is 99.5 Å². The van der Waals surface area contributed by atoms with E-state index in [0.717, 1.165) is 0 Å². The van der Waals surface area contributed by atoms with E-state index in [-0.39, 0.29) is 17.3 Å². The molecule has 0 amide bonds. The number of carbonyl (C=O) groups is 2. The van der Waals surface area contributed by atoms with Crippen molar-refractivity contribution in [2.75, 3.05) is 0 Å². The number of nitrogens with two attached hydrogens (primary N) is 1. The Balaban J connectivity index is 4.53. The zero-order valence-electron chi connectivity index (χ0n) is 9.53. The Hall–Kier alpha value is -1.21. The molecule has 0 heterocycles. The minimum absolute atomic E-state index is 0.00545. The molecule has 5 N–H and O–H groups in total. The normalized spacial score (nSPS) is 12.8. The number of carbonyl (C=O) groups excluding carboxylic acids is 1. The summed E-state index contributed by atoms with van der Waals surface area (Å²) in [6, 6.07) is -1.06. The van der Waals surface area contributed by atoms with Gasteiger partial charge in [0.1, 0.15) is 11.8 Å². The van der Waals surface area contributed by atoms with Gasteiger partial charge in [-0.3, -0.25) is 4.79 Å². The Morgan fingerprint density at radius 2 is 1.94 bits per heavy atom. The SMILES string of the molecule is CC(C)(C)C(=O)CC(NC(=S)NN)C(=O)O. The maximum atomic E-state index is 11.7. The molecule has 0 saturated carbocycles. The third-order valence-corrected chi connectivity index (χ3v) is 2.20. The second-order valence-corrected chi connectivity index (χ2v) is 4.79. The van der Waals surface area contributed by atoms with E-state index in [4.69, 9.17) is 10.9 Å². The van der Waals surface area contributed by atoms with Crippen molar-refractivity contribution in [1.29, 1.82) is 0 Å². The highest BCUT2D eigenvalue weighted by atomic mass is 32.1. The van der Waals surface area contributed by atoms with E-state index in [1.54, 1.807) is 20.8 Å². The van der Waals surface area contributed by atoms with Crippen molar-refractivity contribution in [1.82, 2.24) is 10.7 Å². The van der Waals surface area contributed by atoms with Crippen LogP contribution in [0, 0.1) is 5.41 Å². The fourth-order valence-corrected chi connectivity index (χ4v) is 1.03. The molecule has 0 spiro atoms. The third kappa shape index (κ3) is 5.04. The fraction of sp³-hybridized carbons (Fsp3) is 0.667. The number of thiocarbonyl (C=S) groups is 1. The lowest BCUT2D eigenvalue weighted by atomic mass is 9.87. The van der Waals surface area contributed by atoms with Gasteiger partial charge < -0.3 is 15.8 Å². The fourth-order valence-electron chi connectivity index (χ4n) is 0.892. The molecular weight excluding hydrogens is 230 g/mol. The van der Waals surface area contributed by atoms with Crippen LogP contribution in [-0.2, 0) is 9.59 Å². The number of Topliss-reactive ketones (excluding diaryl/α,β-unsaturated/α-hetero) is 1. The molecule has 7 heteroatoms. The largest absolute Gasteiger partial charge is 0.480 e. The second-order valence-electron chi connectivity index (χ2n) is 4.39. The average molecular weight is 247 g/mol. The van der Waals surface area contributed by atoms with Crippen LogP contribution in [0.2, 0.25) is 0 Å². The molecule has 0 aliphatic heterocycles. The third-order valence-electron chi connectivity index (χ3n) is 1.96. The summed E-state index contributed by atoms with van der Waals surface area (Å²) in [5, 5.41) is 11.3. The first-order chi connectivity index (χ1) is 7.18. The molecule has 0 saturated heterocycles. The van der Waals surface area contributed by atoms with Crippen molar-refractivity contribution in [3.63, 3.8) is 0 Å². The molecule has 0 fully saturated rings. The molecule has 0 aromatic heterocycles. The molecule has 0 aliphatic rings. The van der Waals surface area contributed by atoms with Crippen LogP contribution in [0.25, 0.3) is 0 Å². The molecular formula is C9H17N3O3S. The number of nitrogens with one attached hydrogen (secondary N) is 2. The Kier molecular flexibility index (Phi) is 5.32. The van der Waals surface area contributed by atoms with E-state index >= 15 is 0 Å². The quantitative estimate of drug-likeness (QED) is 0.309. The highest BCUT2D eigenvalue weighted by molar-refractivity contribution is 7.80. The monoisotopic (exact) mass is 247 g/mol. The van der Waals surface area contributed by atoms with Crippen molar-refractivity contribution in [3.05, 3.63) is 0 Å². The maximum absolute atomic E-state index is 11.7. The molecule has 92 valence electrons. The zero-order valence-corrected chi connectivity index (χ0v) is 10.4. The highest BCUT2D eigenvalue weighted by Crippen LogP contribution is 2.17. The van der Waals surface area contributed by atoms with Crippen LogP contribution in [0.4, 0.5) is 0 Å². The number of hydrogen-bond acceptors (Lipinski definition) is 4. The Morgan fingerprint density at radius 3 is 2.25 bits per heavy atom. The average Bonchev–Trinajstić information content (AvgIpc) is 2.14. The molecule has 16 heavy (non-hydrogen) atoms. The lowest BCUT2D eigenvalue weighted by molar-refractivity contribution is -0.141. The minimum Gasteiger partial charge on any atom is -0.480 e. The second kappa shape index (κ2) is 5.76. The minimum atomic E-state index is -1.14. The van der Waals surface area contributed by atoms with Crippen LogP contribution < -0.4 is 16.6 Å². The number of aliphatic carboxylic acids is 1. The standard InChI is InChI=1S/C9H17N3O3S/c1-9(2,3)6(13)4-5(7(14)15)11-8(16)12-10/h5H,4,10H2,1-3H3,(H,14,15)(H2,11,12,16). The summed E-state index contributed by atoms with van der Waals surface area (Å²) in [6.07, 6.45) is -0.138.